The number of aromatic nitrogens is 2. The molecule has 0 spiro atoms. The molecule has 2 heterocycles. The van der Waals surface area contributed by atoms with E-state index < -0.39 is 0 Å². The third kappa shape index (κ3) is 3.24. The van der Waals surface area contributed by atoms with Crippen molar-refractivity contribution in [3.05, 3.63) is 59.9 Å². The molecule has 2 aromatic carbocycles. The van der Waals surface area contributed by atoms with Crippen molar-refractivity contribution in [2.45, 2.75) is 19.4 Å². The number of rotatable bonds is 4. The summed E-state index contributed by atoms with van der Waals surface area (Å²) < 4.78 is 15.4. The first-order chi connectivity index (χ1) is 12.2. The Kier molecular flexibility index (Phi) is 4.40. The van der Waals surface area contributed by atoms with Crippen LogP contribution >= 0.6 is 0 Å². The number of halogens is 1. The van der Waals surface area contributed by atoms with Crippen molar-refractivity contribution in [2.75, 3.05) is 24.6 Å². The number of aliphatic hydroxyl groups excluding tert-OH is 1. The fourth-order valence-electron chi connectivity index (χ4n) is 3.63. The number of anilines is 1. The molecular formula is C20H22FN3O. The second-order valence-corrected chi connectivity index (χ2v) is 6.75. The minimum atomic E-state index is -0.221. The Morgan fingerprint density at radius 2 is 1.92 bits per heavy atom. The second-order valence-electron chi connectivity index (χ2n) is 6.75. The Hall–Kier alpha value is -2.40. The molecule has 4 rings (SSSR count). The van der Waals surface area contributed by atoms with Gasteiger partial charge in [-0.3, -0.25) is 0 Å². The number of fused-ring (bicyclic) bond motifs is 1. The highest BCUT2D eigenvalue weighted by Crippen LogP contribution is 2.27. The summed E-state index contributed by atoms with van der Waals surface area (Å²) in [5, 5.41) is 9.54. The van der Waals surface area contributed by atoms with Crippen molar-refractivity contribution in [1.29, 1.82) is 0 Å². The number of aliphatic hydroxyl groups is 1. The minimum absolute atomic E-state index is 0.217. The molecule has 1 N–H and O–H groups in total. The van der Waals surface area contributed by atoms with Crippen molar-refractivity contribution in [1.82, 2.24) is 9.55 Å². The summed E-state index contributed by atoms with van der Waals surface area (Å²) in [6.45, 7) is 2.64. The van der Waals surface area contributed by atoms with Crippen molar-refractivity contribution >= 4 is 17.0 Å². The van der Waals surface area contributed by atoms with Crippen molar-refractivity contribution in [3.8, 4) is 0 Å². The highest BCUT2D eigenvalue weighted by Gasteiger charge is 2.24. The number of para-hydroxylation sites is 2. The van der Waals surface area contributed by atoms with Gasteiger partial charge in [0.1, 0.15) is 5.82 Å². The largest absolute Gasteiger partial charge is 0.396 e. The summed E-state index contributed by atoms with van der Waals surface area (Å²) in [4.78, 5) is 7.12. The topological polar surface area (TPSA) is 41.3 Å². The number of hydrogen-bond donors (Lipinski definition) is 1. The summed E-state index contributed by atoms with van der Waals surface area (Å²) in [6, 6.07) is 14.7. The zero-order valence-electron chi connectivity index (χ0n) is 14.1. The van der Waals surface area contributed by atoms with E-state index in [4.69, 9.17) is 4.98 Å². The molecule has 1 atom stereocenters. The Morgan fingerprint density at radius 1 is 1.12 bits per heavy atom. The molecule has 0 aliphatic carbocycles. The van der Waals surface area contributed by atoms with E-state index in [2.05, 4.69) is 15.5 Å². The molecule has 0 amide bonds. The Labute approximate surface area is 146 Å². The van der Waals surface area contributed by atoms with E-state index >= 15 is 0 Å². The van der Waals surface area contributed by atoms with Crippen LogP contribution in [0.1, 0.15) is 18.4 Å². The molecule has 1 unspecified atom stereocenters. The van der Waals surface area contributed by atoms with Crippen LogP contribution in [0.25, 0.3) is 11.0 Å². The van der Waals surface area contributed by atoms with Gasteiger partial charge in [-0.15, -0.1) is 0 Å². The van der Waals surface area contributed by atoms with Crippen molar-refractivity contribution < 1.29 is 9.50 Å². The lowest BCUT2D eigenvalue weighted by molar-refractivity contribution is 0.208. The van der Waals surface area contributed by atoms with Gasteiger partial charge in [0.05, 0.1) is 17.6 Å². The van der Waals surface area contributed by atoms with Crippen LogP contribution in [0, 0.1) is 11.7 Å². The van der Waals surface area contributed by atoms with Gasteiger partial charge in [0.15, 0.2) is 0 Å². The van der Waals surface area contributed by atoms with Gasteiger partial charge in [-0.25, -0.2) is 9.37 Å². The van der Waals surface area contributed by atoms with E-state index in [0.29, 0.717) is 12.5 Å². The van der Waals surface area contributed by atoms with Crippen LogP contribution in [0.5, 0.6) is 0 Å². The zero-order valence-corrected chi connectivity index (χ0v) is 14.1. The minimum Gasteiger partial charge on any atom is -0.396 e. The fraction of sp³-hybridized carbons (Fsp3) is 0.350. The standard InChI is InChI=1S/C20H22FN3O/c21-17-9-7-15(8-10-17)13-24-19-6-2-1-5-18(19)22-20(24)23-11-3-4-16(12-23)14-25/h1-2,5-10,16,25H,3-4,11-14H2. The number of hydrogen-bond acceptors (Lipinski definition) is 3. The summed E-state index contributed by atoms with van der Waals surface area (Å²) in [5.74, 6) is 1.01. The smallest absolute Gasteiger partial charge is 0.206 e. The zero-order chi connectivity index (χ0) is 17.2. The monoisotopic (exact) mass is 339 g/mol. The SMILES string of the molecule is OCC1CCCN(c2nc3ccccc3n2Cc2ccc(F)cc2)C1. The predicted octanol–water partition coefficient (Wildman–Crippen LogP) is 3.43. The summed E-state index contributed by atoms with van der Waals surface area (Å²) >= 11 is 0. The Bertz CT molecular complexity index is 859. The van der Waals surface area contributed by atoms with Crippen LogP contribution in [0.4, 0.5) is 10.3 Å². The van der Waals surface area contributed by atoms with E-state index in [-0.39, 0.29) is 12.4 Å². The number of imidazole rings is 1. The Balaban J connectivity index is 1.74. The highest BCUT2D eigenvalue weighted by molar-refractivity contribution is 5.79. The molecule has 1 saturated heterocycles. The van der Waals surface area contributed by atoms with E-state index in [0.717, 1.165) is 48.5 Å². The molecule has 1 aromatic heterocycles. The summed E-state index contributed by atoms with van der Waals surface area (Å²) in [7, 11) is 0. The maximum absolute atomic E-state index is 13.2. The van der Waals surface area contributed by atoms with Gasteiger partial charge in [0.2, 0.25) is 5.95 Å². The van der Waals surface area contributed by atoms with E-state index in [9.17, 15) is 9.50 Å². The van der Waals surface area contributed by atoms with Gasteiger partial charge in [-0.1, -0.05) is 24.3 Å². The van der Waals surface area contributed by atoms with Gasteiger partial charge in [-0.2, -0.15) is 0 Å². The molecule has 0 bridgehead atoms. The molecule has 1 aliphatic rings. The molecule has 25 heavy (non-hydrogen) atoms. The van der Waals surface area contributed by atoms with Crippen LogP contribution in [-0.2, 0) is 6.54 Å². The fourth-order valence-corrected chi connectivity index (χ4v) is 3.63. The quantitative estimate of drug-likeness (QED) is 0.792. The van der Waals surface area contributed by atoms with Crippen molar-refractivity contribution in [2.24, 2.45) is 5.92 Å². The summed E-state index contributed by atoms with van der Waals surface area (Å²) in [5.41, 5.74) is 3.08. The first kappa shape index (κ1) is 16.1. The van der Waals surface area contributed by atoms with E-state index in [1.54, 1.807) is 0 Å². The predicted molar refractivity (Wildman–Crippen MR) is 97.3 cm³/mol. The first-order valence-corrected chi connectivity index (χ1v) is 8.80. The molecular weight excluding hydrogens is 317 g/mol. The molecule has 5 heteroatoms. The van der Waals surface area contributed by atoms with Crippen LogP contribution in [0.3, 0.4) is 0 Å². The molecule has 0 radical (unpaired) electrons. The average molecular weight is 339 g/mol. The second kappa shape index (κ2) is 6.84. The van der Waals surface area contributed by atoms with Crippen LogP contribution < -0.4 is 4.90 Å². The number of benzene rings is 2. The van der Waals surface area contributed by atoms with E-state index in [1.165, 1.54) is 12.1 Å². The summed E-state index contributed by atoms with van der Waals surface area (Å²) in [6.07, 6.45) is 2.12. The first-order valence-electron chi connectivity index (χ1n) is 8.80. The Morgan fingerprint density at radius 3 is 2.72 bits per heavy atom. The van der Waals surface area contributed by atoms with Crippen LogP contribution in [-0.4, -0.2) is 34.4 Å². The molecule has 1 aliphatic heterocycles. The molecule has 1 fully saturated rings. The van der Waals surface area contributed by atoms with Crippen molar-refractivity contribution in [3.63, 3.8) is 0 Å². The highest BCUT2D eigenvalue weighted by atomic mass is 19.1. The van der Waals surface area contributed by atoms with Gasteiger partial charge in [0, 0.05) is 19.7 Å². The maximum atomic E-state index is 13.2. The number of piperidine rings is 1. The lowest BCUT2D eigenvalue weighted by Gasteiger charge is -2.33. The maximum Gasteiger partial charge on any atom is 0.206 e. The van der Waals surface area contributed by atoms with Gasteiger partial charge >= 0.3 is 0 Å². The molecule has 0 saturated carbocycles. The molecule has 4 nitrogen and oxygen atoms in total. The van der Waals surface area contributed by atoms with Crippen LogP contribution in [0.2, 0.25) is 0 Å². The van der Waals surface area contributed by atoms with Gasteiger partial charge in [0.25, 0.3) is 0 Å². The average Bonchev–Trinajstić information content (AvgIpc) is 3.02. The lowest BCUT2D eigenvalue weighted by Crippen LogP contribution is -2.38. The molecule has 130 valence electrons. The normalized spacial score (nSPS) is 18.0. The molecule has 3 aromatic rings. The number of nitrogens with zero attached hydrogens (tertiary/aromatic N) is 3. The van der Waals surface area contributed by atoms with Gasteiger partial charge < -0.3 is 14.6 Å². The van der Waals surface area contributed by atoms with E-state index in [1.807, 2.05) is 30.3 Å². The van der Waals surface area contributed by atoms with Gasteiger partial charge in [-0.05, 0) is 48.6 Å². The third-order valence-corrected chi connectivity index (χ3v) is 4.95. The lowest BCUT2D eigenvalue weighted by atomic mass is 9.99. The van der Waals surface area contributed by atoms with Crippen LogP contribution in [0.15, 0.2) is 48.5 Å². The third-order valence-electron chi connectivity index (χ3n) is 4.95.